The molecule has 1 fully saturated rings. The summed E-state index contributed by atoms with van der Waals surface area (Å²) in [6, 6.07) is 15.8. The molecular weight excluding hydrogens is 392 g/mol. The van der Waals surface area contributed by atoms with E-state index < -0.39 is 11.3 Å². The Morgan fingerprint density at radius 1 is 1.13 bits per heavy atom. The maximum atomic E-state index is 9.27. The van der Waals surface area contributed by atoms with Crippen molar-refractivity contribution in [3.05, 3.63) is 53.6 Å². The van der Waals surface area contributed by atoms with Crippen LogP contribution in [-0.2, 0) is 15.3 Å². The first kappa shape index (κ1) is 19.9. The lowest BCUT2D eigenvalue weighted by molar-refractivity contribution is -0.224. The molecule has 2 N–H and O–H groups in total. The third-order valence-electron chi connectivity index (χ3n) is 6.32. The van der Waals surface area contributed by atoms with Crippen molar-refractivity contribution in [2.45, 2.75) is 50.0 Å². The van der Waals surface area contributed by atoms with Crippen LogP contribution in [0, 0.1) is 11.3 Å². The Morgan fingerprint density at radius 3 is 2.65 bits per heavy atom. The van der Waals surface area contributed by atoms with Gasteiger partial charge in [-0.05, 0) is 49.2 Å². The fourth-order valence-corrected chi connectivity index (χ4v) is 5.07. The van der Waals surface area contributed by atoms with Crippen LogP contribution in [0.5, 0.6) is 5.75 Å². The second kappa shape index (κ2) is 6.71. The summed E-state index contributed by atoms with van der Waals surface area (Å²) in [5.41, 5.74) is 7.82. The Morgan fingerprint density at radius 2 is 1.94 bits per heavy atom. The van der Waals surface area contributed by atoms with Crippen LogP contribution >= 0.6 is 0 Å². The molecule has 0 radical (unpaired) electrons. The van der Waals surface area contributed by atoms with Crippen molar-refractivity contribution in [1.29, 1.82) is 5.26 Å². The van der Waals surface area contributed by atoms with Crippen LogP contribution in [0.2, 0.25) is 0 Å². The van der Waals surface area contributed by atoms with Crippen LogP contribution in [0.25, 0.3) is 11.1 Å². The van der Waals surface area contributed by atoms with Gasteiger partial charge in [0.15, 0.2) is 0 Å². The van der Waals surface area contributed by atoms with Crippen molar-refractivity contribution in [2.75, 3.05) is 13.7 Å². The molecule has 3 aliphatic rings. The molecule has 1 saturated heterocycles. The summed E-state index contributed by atoms with van der Waals surface area (Å²) in [4.78, 5) is 11.1. The predicted molar refractivity (Wildman–Crippen MR) is 116 cm³/mol. The average Bonchev–Trinajstić information content (AvgIpc) is 3.00. The van der Waals surface area contributed by atoms with Gasteiger partial charge in [-0.3, -0.25) is 0 Å². The van der Waals surface area contributed by atoms with E-state index in [0.29, 0.717) is 24.6 Å². The van der Waals surface area contributed by atoms with Crippen molar-refractivity contribution < 1.29 is 14.3 Å². The molecule has 0 aliphatic carbocycles. The SMILES string of the molecule is CN1OC2(CC3(CCOC(C)(C)C3)Oc3ccc(-c4cccc(C#N)c4)cc32)N=C1N. The highest BCUT2D eigenvalue weighted by atomic mass is 16.7. The number of hydroxylamine groups is 2. The normalized spacial score (nSPS) is 28.7. The van der Waals surface area contributed by atoms with E-state index in [-0.39, 0.29) is 5.60 Å². The zero-order chi connectivity index (χ0) is 21.9. The number of nitrogens with two attached hydrogens (primary N) is 1. The van der Waals surface area contributed by atoms with E-state index in [4.69, 9.17) is 25.0 Å². The fourth-order valence-electron chi connectivity index (χ4n) is 5.07. The first-order valence-corrected chi connectivity index (χ1v) is 10.5. The minimum atomic E-state index is -0.956. The standard InChI is InChI=1S/C24H26N4O3/c1-22(2)14-23(9-10-29-22)15-24(27-21(26)28(3)31-24)19-12-18(7-8-20(19)30-23)17-6-4-5-16(11-17)13-25/h4-8,11-12H,9-10,14-15H2,1-3H3,(H2,26,27). The molecule has 2 aromatic rings. The maximum absolute atomic E-state index is 9.27. The van der Waals surface area contributed by atoms with Gasteiger partial charge in [0.05, 0.1) is 29.4 Å². The van der Waals surface area contributed by atoms with Gasteiger partial charge in [-0.25, -0.2) is 14.9 Å². The van der Waals surface area contributed by atoms with Crippen LogP contribution in [0.4, 0.5) is 0 Å². The van der Waals surface area contributed by atoms with Crippen LogP contribution < -0.4 is 10.5 Å². The Balaban J connectivity index is 1.63. The second-order valence-electron chi connectivity index (χ2n) is 9.24. The van der Waals surface area contributed by atoms with Gasteiger partial charge in [0, 0.05) is 26.3 Å². The molecule has 0 saturated carbocycles. The third-order valence-corrected chi connectivity index (χ3v) is 6.32. The number of hydrogen-bond acceptors (Lipinski definition) is 7. The third kappa shape index (κ3) is 3.32. The number of rotatable bonds is 1. The Hall–Kier alpha value is -3.08. The Labute approximate surface area is 182 Å². The number of benzene rings is 2. The van der Waals surface area contributed by atoms with Gasteiger partial charge in [-0.2, -0.15) is 5.26 Å². The van der Waals surface area contributed by atoms with E-state index in [1.54, 1.807) is 13.1 Å². The van der Waals surface area contributed by atoms with Crippen molar-refractivity contribution in [3.63, 3.8) is 0 Å². The summed E-state index contributed by atoms with van der Waals surface area (Å²) in [5, 5.41) is 10.8. The number of guanidine groups is 1. The fraction of sp³-hybridized carbons (Fsp3) is 0.417. The van der Waals surface area contributed by atoms with Crippen LogP contribution in [0.15, 0.2) is 47.5 Å². The zero-order valence-electron chi connectivity index (χ0n) is 18.0. The molecule has 3 aliphatic heterocycles. The quantitative estimate of drug-likeness (QED) is 0.759. The molecule has 0 aromatic heterocycles. The molecule has 5 rings (SSSR count). The zero-order valence-corrected chi connectivity index (χ0v) is 18.0. The smallest absolute Gasteiger partial charge is 0.222 e. The summed E-state index contributed by atoms with van der Waals surface area (Å²) in [6.07, 6.45) is 2.04. The van der Waals surface area contributed by atoms with Gasteiger partial charge in [-0.15, -0.1) is 0 Å². The lowest BCUT2D eigenvalue weighted by atomic mass is 9.75. The highest BCUT2D eigenvalue weighted by molar-refractivity contribution is 5.79. The monoisotopic (exact) mass is 418 g/mol. The molecule has 2 spiro atoms. The van der Waals surface area contributed by atoms with Gasteiger partial charge in [-0.1, -0.05) is 18.2 Å². The molecule has 2 unspecified atom stereocenters. The lowest BCUT2D eigenvalue weighted by Crippen LogP contribution is -2.55. The molecule has 2 aromatic carbocycles. The van der Waals surface area contributed by atoms with E-state index >= 15 is 0 Å². The molecule has 0 bridgehead atoms. The molecule has 7 nitrogen and oxygen atoms in total. The minimum absolute atomic E-state index is 0.297. The maximum Gasteiger partial charge on any atom is 0.222 e. The lowest BCUT2D eigenvalue weighted by Gasteiger charge is -2.50. The second-order valence-corrected chi connectivity index (χ2v) is 9.24. The summed E-state index contributed by atoms with van der Waals surface area (Å²) in [6.45, 7) is 4.79. The van der Waals surface area contributed by atoms with Crippen molar-refractivity contribution in [1.82, 2.24) is 5.06 Å². The number of fused-ring (bicyclic) bond motifs is 2. The predicted octanol–water partition coefficient (Wildman–Crippen LogP) is 3.68. The molecule has 2 atom stereocenters. The topological polar surface area (TPSA) is 93.1 Å². The van der Waals surface area contributed by atoms with Gasteiger partial charge in [0.2, 0.25) is 11.7 Å². The molecule has 7 heteroatoms. The van der Waals surface area contributed by atoms with Gasteiger partial charge < -0.3 is 15.2 Å². The highest BCUT2D eigenvalue weighted by Gasteiger charge is 2.57. The van der Waals surface area contributed by atoms with E-state index in [2.05, 4.69) is 19.9 Å². The Kier molecular flexibility index (Phi) is 4.30. The van der Waals surface area contributed by atoms with Crippen molar-refractivity contribution in [2.24, 2.45) is 10.7 Å². The summed E-state index contributed by atoms with van der Waals surface area (Å²) in [5.74, 6) is 1.09. The number of ether oxygens (including phenoxy) is 2. The van der Waals surface area contributed by atoms with E-state index in [1.165, 1.54) is 5.06 Å². The average molecular weight is 418 g/mol. The minimum Gasteiger partial charge on any atom is -0.486 e. The molecule has 3 heterocycles. The largest absolute Gasteiger partial charge is 0.486 e. The highest BCUT2D eigenvalue weighted by Crippen LogP contribution is 2.54. The van der Waals surface area contributed by atoms with Crippen LogP contribution in [0.1, 0.15) is 44.2 Å². The number of hydrogen-bond donors (Lipinski definition) is 1. The summed E-state index contributed by atoms with van der Waals surface area (Å²) < 4.78 is 12.6. The molecular formula is C24H26N4O3. The number of nitrogens with zero attached hydrogens (tertiary/aromatic N) is 3. The van der Waals surface area contributed by atoms with Crippen LogP contribution in [0.3, 0.4) is 0 Å². The van der Waals surface area contributed by atoms with E-state index in [9.17, 15) is 5.26 Å². The van der Waals surface area contributed by atoms with Crippen molar-refractivity contribution >= 4 is 5.96 Å². The summed E-state index contributed by atoms with van der Waals surface area (Å²) >= 11 is 0. The Bertz CT molecular complexity index is 1120. The van der Waals surface area contributed by atoms with Gasteiger partial charge in [0.25, 0.3) is 0 Å². The molecule has 160 valence electrons. The van der Waals surface area contributed by atoms with Gasteiger partial charge in [0.1, 0.15) is 11.4 Å². The van der Waals surface area contributed by atoms with Gasteiger partial charge >= 0.3 is 0 Å². The number of aliphatic imine (C=N–C) groups is 1. The van der Waals surface area contributed by atoms with E-state index in [0.717, 1.165) is 35.3 Å². The molecule has 31 heavy (non-hydrogen) atoms. The first-order valence-electron chi connectivity index (χ1n) is 10.5. The number of nitriles is 1. The van der Waals surface area contributed by atoms with Crippen LogP contribution in [-0.4, -0.2) is 35.9 Å². The summed E-state index contributed by atoms with van der Waals surface area (Å²) in [7, 11) is 1.77. The van der Waals surface area contributed by atoms with E-state index in [1.807, 2.05) is 36.4 Å². The van der Waals surface area contributed by atoms with Crippen molar-refractivity contribution in [3.8, 4) is 22.9 Å². The first-order chi connectivity index (χ1) is 14.7. The molecule has 0 amide bonds.